The fourth-order valence-corrected chi connectivity index (χ4v) is 0. The molecule has 21 heavy (non-hydrogen) atoms. The summed E-state index contributed by atoms with van der Waals surface area (Å²) in [5.41, 5.74) is 0. The second-order valence-electron chi connectivity index (χ2n) is 5.62. The van der Waals surface area contributed by atoms with E-state index in [1.54, 1.807) is 0 Å². The van der Waals surface area contributed by atoms with Gasteiger partial charge in [0.25, 0.3) is 0 Å². The summed E-state index contributed by atoms with van der Waals surface area (Å²) >= 11 is 12.1. The summed E-state index contributed by atoms with van der Waals surface area (Å²) in [4.78, 5) is -0.278. The van der Waals surface area contributed by atoms with E-state index in [0.29, 0.717) is 9.47 Å². The predicted octanol–water partition coefficient (Wildman–Crippen LogP) is 5.18. The van der Waals surface area contributed by atoms with E-state index in [-0.39, 0.29) is 58.4 Å². The maximum atomic E-state index is 2.46. The predicted molar refractivity (Wildman–Crippen MR) is 145 cm³/mol. The molecule has 0 saturated carbocycles. The molecule has 0 fully saturated rings. The first kappa shape index (κ1) is 50.5. The zero-order valence-electron chi connectivity index (χ0n) is 12.1. The number of hydrogen-bond acceptors (Lipinski definition) is 0. The Morgan fingerprint density at radius 1 is 0.762 bits per heavy atom. The Hall–Kier alpha value is 5.94. The molecule has 10 heteroatoms. The molecule has 0 saturated heterocycles. The Morgan fingerprint density at radius 2 is 0.762 bits per heavy atom. The van der Waals surface area contributed by atoms with E-state index in [4.69, 9.17) is 0 Å². The summed E-state index contributed by atoms with van der Waals surface area (Å²) in [7, 11) is 8.74. The van der Waals surface area contributed by atoms with Crippen molar-refractivity contribution in [2.24, 2.45) is 0 Å². The van der Waals surface area contributed by atoms with Crippen molar-refractivity contribution in [3.8, 4) is 0 Å². The molecule has 0 amide bonds. The molecule has 0 aromatic heterocycles. The van der Waals surface area contributed by atoms with Crippen LogP contribution in [0.15, 0.2) is 0 Å². The molecule has 0 radical (unpaired) electrons. The molecule has 0 rings (SSSR count). The van der Waals surface area contributed by atoms with Crippen LogP contribution in [-0.2, 0) is 14.4 Å². The van der Waals surface area contributed by atoms with Crippen molar-refractivity contribution in [1.29, 1.82) is 0 Å². The molecule has 0 aliphatic rings. The van der Waals surface area contributed by atoms with E-state index in [2.05, 4.69) is 155 Å². The molecule has 0 aliphatic heterocycles. The number of nitrogens with zero attached hydrogens (tertiary/aromatic N) is 1. The van der Waals surface area contributed by atoms with Crippen LogP contribution in [0.25, 0.3) is 0 Å². The van der Waals surface area contributed by atoms with E-state index in [1.807, 2.05) is 0 Å². The van der Waals surface area contributed by atoms with Crippen molar-refractivity contribution in [3.05, 3.63) is 0 Å². The van der Waals surface area contributed by atoms with Crippen LogP contribution < -0.4 is 24.0 Å². The van der Waals surface area contributed by atoms with Gasteiger partial charge in [0.2, 0.25) is 0 Å². The average Bonchev–Trinajstić information content (AvgIpc) is 1.74. The topological polar surface area (TPSA) is 0 Å². The molecule has 0 spiro atoms. The van der Waals surface area contributed by atoms with Crippen molar-refractivity contribution >= 4 is 107 Å². The number of hydrogen-bond donors (Lipinski definition) is 0. The molecule has 0 bridgehead atoms. The number of rotatable bonds is 0. The van der Waals surface area contributed by atoms with Crippen LogP contribution in [0.3, 0.4) is 0 Å². The van der Waals surface area contributed by atoms with Gasteiger partial charge in [-0.2, -0.15) is 0 Å². The summed E-state index contributed by atoms with van der Waals surface area (Å²) in [6.45, 7) is 9.19. The average molecular weight is 1080 g/mol. The van der Waals surface area contributed by atoms with Crippen molar-refractivity contribution in [2.75, 3.05) is 54.8 Å². The fraction of sp³-hybridized carbons (Fsp3) is 1.00. The minimum atomic E-state index is -0.389. The number of quaternary nitrogens is 1. The van der Waals surface area contributed by atoms with Crippen molar-refractivity contribution in [3.63, 3.8) is 0 Å². The zero-order chi connectivity index (χ0) is 15.3. The third-order valence-electron chi connectivity index (χ3n) is 0. The second kappa shape index (κ2) is 33.5. The summed E-state index contributed by atoms with van der Waals surface area (Å²) in [5, 5.41) is 0. The standard InChI is InChI=1S/C4H12N.C4H12P.3CH4.6HI.2V/c2*1-5(2,3)4;;;;;;;;;;;/h2*1-4H3;3*1H4;6*1H;;/q2*+1;;;;;;;;;;+2;+3/p-6. The molecular formula is C11H36I6NPV2+. The van der Waals surface area contributed by atoms with E-state index in [0.717, 1.165) is 4.48 Å². The molecule has 0 heterocycles. The van der Waals surface area contributed by atoms with Gasteiger partial charge in [-0.3, -0.25) is 0 Å². The van der Waals surface area contributed by atoms with E-state index >= 15 is 0 Å². The fourth-order valence-electron chi connectivity index (χ4n) is 0. The monoisotopic (exact) mass is 1080 g/mol. The van der Waals surface area contributed by atoms with E-state index in [1.165, 1.54) is 0 Å². The molecule has 0 N–H and O–H groups in total. The van der Waals surface area contributed by atoms with Gasteiger partial charge in [-0.05, 0) is 0 Å². The molecule has 0 aromatic carbocycles. The van der Waals surface area contributed by atoms with Crippen LogP contribution in [0, 0.1) is 0 Å². The third-order valence-corrected chi connectivity index (χ3v) is 0. The Labute approximate surface area is 222 Å². The normalized spacial score (nSPS) is 8.10. The van der Waals surface area contributed by atoms with Gasteiger partial charge in [0.15, 0.2) is 0 Å². The van der Waals surface area contributed by atoms with Crippen LogP contribution in [0.5, 0.6) is 0 Å². The van der Waals surface area contributed by atoms with Crippen molar-refractivity contribution < 1.29 is 42.8 Å². The number of halogens is 6. The quantitative estimate of drug-likeness (QED) is 0.179. The van der Waals surface area contributed by atoms with Crippen LogP contribution in [0.4, 0.5) is 0 Å². The molecule has 0 aromatic rings. The molecule has 0 aliphatic carbocycles. The SMILES string of the molecule is C.C.C.C[N+](C)(C)C.C[P+](C)(C)C.[I-].[I][V]([I])[I].[I][V][I]. The minimum absolute atomic E-state index is 0. The summed E-state index contributed by atoms with van der Waals surface area (Å²) in [6.07, 6.45) is 0. The van der Waals surface area contributed by atoms with Gasteiger partial charge in [0, 0.05) is 33.9 Å². The van der Waals surface area contributed by atoms with Gasteiger partial charge < -0.3 is 28.5 Å². The van der Waals surface area contributed by atoms with Crippen molar-refractivity contribution in [2.45, 2.75) is 22.3 Å². The van der Waals surface area contributed by atoms with E-state index < -0.39 is 0 Å². The molecule has 1 nitrogen and oxygen atoms in total. The first-order valence-corrected chi connectivity index (χ1v) is 30.5. The first-order valence-electron chi connectivity index (χ1n) is 4.42. The van der Waals surface area contributed by atoms with E-state index in [9.17, 15) is 0 Å². The molecule has 0 atom stereocenters. The molecule has 0 unspecified atom stereocenters. The van der Waals surface area contributed by atoms with Crippen LogP contribution in [0.2, 0.25) is 0 Å². The molecule has 141 valence electrons. The van der Waals surface area contributed by atoms with Crippen molar-refractivity contribution in [1.82, 2.24) is 0 Å². The van der Waals surface area contributed by atoms with Gasteiger partial charge in [0.1, 0.15) is 0 Å². The molecular weight excluding hydrogens is 1040 g/mol. The third kappa shape index (κ3) is 421. The van der Waals surface area contributed by atoms with Crippen LogP contribution in [-0.4, -0.2) is 59.3 Å². The summed E-state index contributed by atoms with van der Waals surface area (Å²) in [6, 6.07) is 0. The van der Waals surface area contributed by atoms with Gasteiger partial charge in [-0.15, -0.1) is 0 Å². The van der Waals surface area contributed by atoms with Gasteiger partial charge in [-0.1, -0.05) is 22.3 Å². The Morgan fingerprint density at radius 3 is 0.762 bits per heavy atom. The first-order chi connectivity index (χ1) is 7.15. The Bertz CT molecular complexity index is 117. The van der Waals surface area contributed by atoms with Gasteiger partial charge >= 0.3 is 114 Å². The second-order valence-corrected chi connectivity index (χ2v) is 58.1. The summed E-state index contributed by atoms with van der Waals surface area (Å²) < 4.78 is 1.00. The van der Waals surface area contributed by atoms with Gasteiger partial charge in [-0.25, -0.2) is 0 Å². The van der Waals surface area contributed by atoms with Crippen LogP contribution in [0.1, 0.15) is 22.3 Å². The Kier molecular flexibility index (Phi) is 80.7. The zero-order valence-corrected chi connectivity index (χ0v) is 28.7. The van der Waals surface area contributed by atoms with Crippen LogP contribution >= 0.6 is 107 Å². The Balaban J connectivity index is -0.0000000171. The summed E-state index contributed by atoms with van der Waals surface area (Å²) in [5.74, 6) is 0. The maximum absolute atomic E-state index is 2.46. The van der Waals surface area contributed by atoms with Gasteiger partial charge in [0.05, 0.1) is 28.2 Å².